The Labute approximate surface area is 70.2 Å². The standard InChI is InChI=1S/C10H19N/c1-6-7-8-9(11-5)10(2,3)4/h7-8H,6H2,1-5H3/b8-7-,11-9+. The van der Waals surface area contributed by atoms with Crippen LogP contribution in [0.15, 0.2) is 17.1 Å². The average molecular weight is 153 g/mol. The van der Waals surface area contributed by atoms with E-state index in [0.717, 1.165) is 6.42 Å². The van der Waals surface area contributed by atoms with Gasteiger partial charge in [0.1, 0.15) is 0 Å². The fraction of sp³-hybridized carbons (Fsp3) is 0.700. The van der Waals surface area contributed by atoms with Gasteiger partial charge in [-0.05, 0) is 12.5 Å². The maximum Gasteiger partial charge on any atom is 0.0395 e. The Morgan fingerprint density at radius 3 is 2.18 bits per heavy atom. The molecule has 0 saturated carbocycles. The molecule has 0 aliphatic carbocycles. The second kappa shape index (κ2) is 4.32. The molecule has 0 amide bonds. The zero-order valence-electron chi connectivity index (χ0n) is 8.31. The fourth-order valence-electron chi connectivity index (χ4n) is 0.889. The molecular weight excluding hydrogens is 134 g/mol. The van der Waals surface area contributed by atoms with Crippen molar-refractivity contribution in [1.29, 1.82) is 0 Å². The van der Waals surface area contributed by atoms with Crippen molar-refractivity contribution in [3.05, 3.63) is 12.2 Å². The predicted molar refractivity (Wildman–Crippen MR) is 52.2 cm³/mol. The lowest BCUT2D eigenvalue weighted by Gasteiger charge is -2.17. The summed E-state index contributed by atoms with van der Waals surface area (Å²) in [6.07, 6.45) is 5.34. The van der Waals surface area contributed by atoms with Crippen molar-refractivity contribution < 1.29 is 0 Å². The van der Waals surface area contributed by atoms with E-state index >= 15 is 0 Å². The number of nitrogens with zero attached hydrogens (tertiary/aromatic N) is 1. The maximum absolute atomic E-state index is 4.23. The molecule has 0 bridgehead atoms. The average Bonchev–Trinajstić information content (AvgIpc) is 1.87. The summed E-state index contributed by atoms with van der Waals surface area (Å²) in [6.45, 7) is 8.66. The number of hydrogen-bond donors (Lipinski definition) is 0. The molecule has 0 aliphatic heterocycles. The first-order valence-corrected chi connectivity index (χ1v) is 4.16. The second-order valence-corrected chi connectivity index (χ2v) is 3.67. The zero-order valence-corrected chi connectivity index (χ0v) is 8.31. The summed E-state index contributed by atoms with van der Waals surface area (Å²) in [4.78, 5) is 4.23. The predicted octanol–water partition coefficient (Wildman–Crippen LogP) is 3.07. The molecule has 0 aromatic rings. The van der Waals surface area contributed by atoms with Crippen molar-refractivity contribution in [2.75, 3.05) is 7.05 Å². The zero-order chi connectivity index (χ0) is 8.91. The normalized spacial score (nSPS) is 14.5. The van der Waals surface area contributed by atoms with E-state index in [4.69, 9.17) is 0 Å². The van der Waals surface area contributed by atoms with Crippen molar-refractivity contribution in [2.45, 2.75) is 34.1 Å². The molecule has 0 aliphatic rings. The van der Waals surface area contributed by atoms with Gasteiger partial charge in [-0.3, -0.25) is 4.99 Å². The summed E-state index contributed by atoms with van der Waals surface area (Å²) in [5.41, 5.74) is 1.35. The van der Waals surface area contributed by atoms with Gasteiger partial charge in [0.05, 0.1) is 0 Å². The van der Waals surface area contributed by atoms with E-state index in [1.807, 2.05) is 7.05 Å². The highest BCUT2D eigenvalue weighted by Gasteiger charge is 2.14. The maximum atomic E-state index is 4.23. The number of rotatable bonds is 2. The Bertz CT molecular complexity index is 158. The van der Waals surface area contributed by atoms with Crippen LogP contribution in [0.25, 0.3) is 0 Å². The van der Waals surface area contributed by atoms with Crippen LogP contribution in [-0.2, 0) is 0 Å². The van der Waals surface area contributed by atoms with Crippen LogP contribution in [0.2, 0.25) is 0 Å². The van der Waals surface area contributed by atoms with Crippen LogP contribution < -0.4 is 0 Å². The summed E-state index contributed by atoms with van der Waals surface area (Å²) >= 11 is 0. The van der Waals surface area contributed by atoms with Crippen molar-refractivity contribution in [3.8, 4) is 0 Å². The summed E-state index contributed by atoms with van der Waals surface area (Å²) in [6, 6.07) is 0. The number of allylic oxidation sites excluding steroid dienone is 2. The van der Waals surface area contributed by atoms with Crippen LogP contribution in [0, 0.1) is 5.41 Å². The Morgan fingerprint density at radius 1 is 1.36 bits per heavy atom. The van der Waals surface area contributed by atoms with Gasteiger partial charge in [0, 0.05) is 18.2 Å². The van der Waals surface area contributed by atoms with Gasteiger partial charge in [-0.25, -0.2) is 0 Å². The van der Waals surface area contributed by atoms with Crippen molar-refractivity contribution in [3.63, 3.8) is 0 Å². The van der Waals surface area contributed by atoms with Crippen LogP contribution in [0.4, 0.5) is 0 Å². The van der Waals surface area contributed by atoms with Gasteiger partial charge in [0.2, 0.25) is 0 Å². The lowest BCUT2D eigenvalue weighted by molar-refractivity contribution is 0.593. The number of hydrogen-bond acceptors (Lipinski definition) is 1. The van der Waals surface area contributed by atoms with E-state index in [9.17, 15) is 0 Å². The molecule has 11 heavy (non-hydrogen) atoms. The molecule has 0 heterocycles. The Balaban J connectivity index is 4.33. The van der Waals surface area contributed by atoms with Gasteiger partial charge in [-0.1, -0.05) is 33.8 Å². The first-order valence-electron chi connectivity index (χ1n) is 4.16. The topological polar surface area (TPSA) is 12.4 Å². The van der Waals surface area contributed by atoms with Crippen LogP contribution >= 0.6 is 0 Å². The molecule has 0 atom stereocenters. The fourth-order valence-corrected chi connectivity index (χ4v) is 0.889. The molecule has 0 radical (unpaired) electrons. The third-order valence-electron chi connectivity index (χ3n) is 1.52. The smallest absolute Gasteiger partial charge is 0.0395 e. The summed E-state index contributed by atoms with van der Waals surface area (Å²) in [5.74, 6) is 0. The highest BCUT2D eigenvalue weighted by atomic mass is 14.7. The van der Waals surface area contributed by atoms with E-state index in [1.54, 1.807) is 0 Å². The summed E-state index contributed by atoms with van der Waals surface area (Å²) < 4.78 is 0. The molecule has 0 N–H and O–H groups in total. The van der Waals surface area contributed by atoms with Crippen LogP contribution in [0.5, 0.6) is 0 Å². The lowest BCUT2D eigenvalue weighted by atomic mass is 9.89. The molecule has 1 heteroatoms. The molecule has 0 aromatic heterocycles. The Kier molecular flexibility index (Phi) is 4.09. The van der Waals surface area contributed by atoms with E-state index in [1.165, 1.54) is 5.71 Å². The molecule has 0 rings (SSSR count). The Hall–Kier alpha value is -0.590. The van der Waals surface area contributed by atoms with Gasteiger partial charge in [0.25, 0.3) is 0 Å². The third-order valence-corrected chi connectivity index (χ3v) is 1.52. The highest BCUT2D eigenvalue weighted by molar-refractivity contribution is 5.98. The quantitative estimate of drug-likeness (QED) is 0.541. The minimum atomic E-state index is 0.181. The largest absolute Gasteiger partial charge is 0.293 e. The molecule has 0 unspecified atom stereocenters. The molecule has 0 saturated heterocycles. The van der Waals surface area contributed by atoms with Crippen molar-refractivity contribution >= 4 is 5.71 Å². The third kappa shape index (κ3) is 3.97. The van der Waals surface area contributed by atoms with E-state index in [2.05, 4.69) is 44.8 Å². The van der Waals surface area contributed by atoms with E-state index in [-0.39, 0.29) is 5.41 Å². The second-order valence-electron chi connectivity index (χ2n) is 3.67. The van der Waals surface area contributed by atoms with Gasteiger partial charge >= 0.3 is 0 Å². The van der Waals surface area contributed by atoms with E-state index in [0.29, 0.717) is 0 Å². The van der Waals surface area contributed by atoms with Crippen LogP contribution in [0.3, 0.4) is 0 Å². The first kappa shape index (κ1) is 10.4. The molecule has 64 valence electrons. The Morgan fingerprint density at radius 2 is 1.91 bits per heavy atom. The summed E-state index contributed by atoms with van der Waals surface area (Å²) in [5, 5.41) is 0. The van der Waals surface area contributed by atoms with Gasteiger partial charge in [-0.2, -0.15) is 0 Å². The van der Waals surface area contributed by atoms with Crippen LogP contribution in [-0.4, -0.2) is 12.8 Å². The highest BCUT2D eigenvalue weighted by Crippen LogP contribution is 2.16. The summed E-state index contributed by atoms with van der Waals surface area (Å²) in [7, 11) is 1.85. The van der Waals surface area contributed by atoms with Gasteiger partial charge in [-0.15, -0.1) is 0 Å². The molecule has 0 aromatic carbocycles. The minimum Gasteiger partial charge on any atom is -0.293 e. The minimum absolute atomic E-state index is 0.181. The lowest BCUT2D eigenvalue weighted by Crippen LogP contribution is -2.17. The van der Waals surface area contributed by atoms with Crippen LogP contribution in [0.1, 0.15) is 34.1 Å². The molecule has 0 spiro atoms. The van der Waals surface area contributed by atoms with E-state index < -0.39 is 0 Å². The SMILES string of the molecule is CC/C=C\C(=N/C)C(C)(C)C. The van der Waals surface area contributed by atoms with Crippen molar-refractivity contribution in [1.82, 2.24) is 0 Å². The monoisotopic (exact) mass is 153 g/mol. The van der Waals surface area contributed by atoms with Crippen molar-refractivity contribution in [2.24, 2.45) is 10.4 Å². The molecule has 1 nitrogen and oxygen atoms in total. The van der Waals surface area contributed by atoms with Gasteiger partial charge in [0.15, 0.2) is 0 Å². The molecular formula is C10H19N. The number of aliphatic imine (C=N–C) groups is 1. The first-order chi connectivity index (χ1) is 5.02. The molecule has 0 fully saturated rings. The van der Waals surface area contributed by atoms with Gasteiger partial charge < -0.3 is 0 Å².